The van der Waals surface area contributed by atoms with Gasteiger partial charge in [-0.15, -0.1) is 0 Å². The normalized spacial score (nSPS) is 18.0. The molecule has 1 atom stereocenters. The molecule has 1 unspecified atom stereocenters. The van der Waals surface area contributed by atoms with Crippen molar-refractivity contribution in [3.8, 4) is 0 Å². The number of fused-ring (bicyclic) bond motifs is 1. The van der Waals surface area contributed by atoms with Gasteiger partial charge in [-0.3, -0.25) is 4.79 Å². The molecule has 0 fully saturated rings. The van der Waals surface area contributed by atoms with E-state index in [4.69, 9.17) is 4.98 Å². The lowest BCUT2D eigenvalue weighted by Gasteiger charge is -2.24. The maximum atomic E-state index is 12.1. The van der Waals surface area contributed by atoms with Gasteiger partial charge in [-0.25, -0.2) is 4.98 Å². The molecule has 3 rings (SSSR count). The van der Waals surface area contributed by atoms with Gasteiger partial charge in [-0.2, -0.15) is 11.3 Å². The van der Waals surface area contributed by atoms with Crippen molar-refractivity contribution in [1.29, 1.82) is 0 Å². The van der Waals surface area contributed by atoms with Crippen molar-refractivity contribution in [2.75, 3.05) is 0 Å². The number of aromatic nitrogens is 2. The topological polar surface area (TPSA) is 46.9 Å². The largest absolute Gasteiger partial charge is 0.351 e. The van der Waals surface area contributed by atoms with Gasteiger partial charge in [0.15, 0.2) is 0 Å². The Kier molecular flexibility index (Phi) is 4.08. The second-order valence-electron chi connectivity index (χ2n) is 7.06. The first kappa shape index (κ1) is 15.3. The summed E-state index contributed by atoms with van der Waals surface area (Å²) >= 11 is 1.63. The molecule has 5 heteroatoms. The quantitative estimate of drug-likeness (QED) is 0.946. The second-order valence-corrected chi connectivity index (χ2v) is 7.84. The predicted octanol–water partition coefficient (Wildman–Crippen LogP) is 2.92. The Morgan fingerprint density at radius 1 is 1.50 bits per heavy atom. The smallest absolute Gasteiger partial charge is 0.224 e. The first-order chi connectivity index (χ1) is 10.4. The van der Waals surface area contributed by atoms with Crippen LogP contribution in [0.4, 0.5) is 0 Å². The highest BCUT2D eigenvalue weighted by Gasteiger charge is 2.25. The van der Waals surface area contributed by atoms with E-state index in [0.29, 0.717) is 6.42 Å². The van der Waals surface area contributed by atoms with Gasteiger partial charge < -0.3 is 9.88 Å². The Bertz CT molecular complexity index is 652. The minimum absolute atomic E-state index is 0.0715. The summed E-state index contributed by atoms with van der Waals surface area (Å²) in [6.45, 7) is 7.37. The van der Waals surface area contributed by atoms with Crippen LogP contribution in [0.1, 0.15) is 44.3 Å². The van der Waals surface area contributed by atoms with Crippen LogP contribution in [0.5, 0.6) is 0 Å². The monoisotopic (exact) mass is 317 g/mol. The molecule has 2 aromatic rings. The molecule has 0 aromatic carbocycles. The molecule has 0 spiro atoms. The van der Waals surface area contributed by atoms with Gasteiger partial charge in [0.05, 0.1) is 12.1 Å². The molecule has 1 amide bonds. The van der Waals surface area contributed by atoms with Crippen LogP contribution in [0.15, 0.2) is 23.0 Å². The summed E-state index contributed by atoms with van der Waals surface area (Å²) in [6, 6.07) is 2.22. The number of rotatable bonds is 3. The van der Waals surface area contributed by atoms with Crippen LogP contribution < -0.4 is 5.32 Å². The lowest BCUT2D eigenvalue weighted by molar-refractivity contribution is -0.121. The average molecular weight is 317 g/mol. The molecule has 0 aliphatic carbocycles. The summed E-state index contributed by atoms with van der Waals surface area (Å²) in [5.41, 5.74) is 2.30. The highest BCUT2D eigenvalue weighted by atomic mass is 32.1. The Labute approximate surface area is 135 Å². The predicted molar refractivity (Wildman–Crippen MR) is 89.2 cm³/mol. The molecule has 1 N–H and O–H groups in total. The molecule has 2 aromatic heterocycles. The fourth-order valence-electron chi connectivity index (χ4n) is 2.78. The van der Waals surface area contributed by atoms with Crippen LogP contribution in [0.25, 0.3) is 0 Å². The number of nitrogens with one attached hydrogen (secondary N) is 1. The number of carbonyl (C=O) groups excluding carboxylic acids is 1. The summed E-state index contributed by atoms with van der Waals surface area (Å²) in [7, 11) is 0. The van der Waals surface area contributed by atoms with Gasteiger partial charge in [-0.1, -0.05) is 20.8 Å². The summed E-state index contributed by atoms with van der Waals surface area (Å²) < 4.78 is 2.21. The highest BCUT2D eigenvalue weighted by molar-refractivity contribution is 7.07. The van der Waals surface area contributed by atoms with Crippen LogP contribution in [0.2, 0.25) is 0 Å². The summed E-state index contributed by atoms with van der Waals surface area (Å²) in [5, 5.41) is 7.20. The zero-order valence-electron chi connectivity index (χ0n) is 13.4. The summed E-state index contributed by atoms with van der Waals surface area (Å²) in [6.07, 6.45) is 4.52. The van der Waals surface area contributed by atoms with E-state index in [-0.39, 0.29) is 17.4 Å². The van der Waals surface area contributed by atoms with Gasteiger partial charge in [0, 0.05) is 30.6 Å². The van der Waals surface area contributed by atoms with Crippen molar-refractivity contribution < 1.29 is 4.79 Å². The zero-order valence-corrected chi connectivity index (χ0v) is 14.2. The maximum Gasteiger partial charge on any atom is 0.224 e. The second kappa shape index (κ2) is 5.88. The molecule has 4 nitrogen and oxygen atoms in total. The van der Waals surface area contributed by atoms with E-state index in [1.165, 1.54) is 0 Å². The van der Waals surface area contributed by atoms with Crippen LogP contribution in [0, 0.1) is 0 Å². The van der Waals surface area contributed by atoms with Crippen LogP contribution >= 0.6 is 11.3 Å². The van der Waals surface area contributed by atoms with Crippen LogP contribution in [0.3, 0.4) is 0 Å². The number of imidazole rings is 1. The average Bonchev–Trinajstić information content (AvgIpc) is 3.06. The molecule has 22 heavy (non-hydrogen) atoms. The maximum absolute atomic E-state index is 12.1. The van der Waals surface area contributed by atoms with Crippen molar-refractivity contribution in [2.45, 2.75) is 58.0 Å². The Balaban J connectivity index is 1.62. The lowest BCUT2D eigenvalue weighted by atomic mass is 9.93. The third-order valence-electron chi connectivity index (χ3n) is 4.07. The van der Waals surface area contributed by atoms with Crippen LogP contribution in [-0.2, 0) is 29.6 Å². The van der Waals surface area contributed by atoms with Gasteiger partial charge in [0.1, 0.15) is 5.82 Å². The van der Waals surface area contributed by atoms with Crippen molar-refractivity contribution in [3.05, 3.63) is 40.1 Å². The number of carbonyl (C=O) groups is 1. The summed E-state index contributed by atoms with van der Waals surface area (Å²) in [4.78, 5) is 16.9. The van der Waals surface area contributed by atoms with E-state index in [1.807, 2.05) is 16.8 Å². The van der Waals surface area contributed by atoms with Gasteiger partial charge in [0.2, 0.25) is 5.91 Å². The molecule has 0 saturated carbocycles. The molecule has 3 heterocycles. The fourth-order valence-corrected chi connectivity index (χ4v) is 3.45. The van der Waals surface area contributed by atoms with E-state index in [2.05, 4.69) is 36.9 Å². The van der Waals surface area contributed by atoms with E-state index in [9.17, 15) is 4.79 Å². The van der Waals surface area contributed by atoms with E-state index < -0.39 is 0 Å². The van der Waals surface area contributed by atoms with E-state index in [0.717, 1.165) is 36.5 Å². The molecule has 0 saturated heterocycles. The number of hydrogen-bond acceptors (Lipinski definition) is 3. The first-order valence-corrected chi connectivity index (χ1v) is 8.73. The molecule has 1 aliphatic heterocycles. The number of thiophene rings is 1. The number of amides is 1. The minimum Gasteiger partial charge on any atom is -0.351 e. The third kappa shape index (κ3) is 3.40. The van der Waals surface area contributed by atoms with Gasteiger partial charge in [0.25, 0.3) is 0 Å². The Morgan fingerprint density at radius 3 is 3.00 bits per heavy atom. The van der Waals surface area contributed by atoms with Gasteiger partial charge >= 0.3 is 0 Å². The standard InChI is InChI=1S/C17H23N3OS/c1-17(2,3)14-10-20-9-13(4-5-15(20)19-14)18-16(21)8-12-6-7-22-11-12/h6-7,10-11,13H,4-5,8-9H2,1-3H3,(H,18,21). The van der Waals surface area contributed by atoms with Crippen molar-refractivity contribution in [1.82, 2.24) is 14.9 Å². The fraction of sp³-hybridized carbons (Fsp3) is 0.529. The van der Waals surface area contributed by atoms with E-state index in [1.54, 1.807) is 11.3 Å². The molecule has 0 bridgehead atoms. The molecule has 118 valence electrons. The molecular formula is C17H23N3OS. The van der Waals surface area contributed by atoms with Crippen LogP contribution in [-0.4, -0.2) is 21.5 Å². The number of nitrogens with zero attached hydrogens (tertiary/aromatic N) is 2. The minimum atomic E-state index is 0.0715. The zero-order chi connectivity index (χ0) is 15.7. The Hall–Kier alpha value is -1.62. The SMILES string of the molecule is CC(C)(C)c1cn2c(n1)CCC(NC(=O)Cc1ccsc1)C2. The number of aryl methyl sites for hydroxylation is 1. The van der Waals surface area contributed by atoms with E-state index >= 15 is 0 Å². The summed E-state index contributed by atoms with van der Waals surface area (Å²) in [5.74, 6) is 1.26. The Morgan fingerprint density at radius 2 is 2.32 bits per heavy atom. The van der Waals surface area contributed by atoms with Crippen molar-refractivity contribution >= 4 is 17.2 Å². The highest BCUT2D eigenvalue weighted by Crippen LogP contribution is 2.24. The first-order valence-electron chi connectivity index (χ1n) is 7.79. The molecule has 0 radical (unpaired) electrons. The third-order valence-corrected chi connectivity index (χ3v) is 4.80. The van der Waals surface area contributed by atoms with Crippen molar-refractivity contribution in [2.24, 2.45) is 0 Å². The number of hydrogen-bond donors (Lipinski definition) is 1. The van der Waals surface area contributed by atoms with Gasteiger partial charge in [-0.05, 0) is 28.8 Å². The molecular weight excluding hydrogens is 294 g/mol. The van der Waals surface area contributed by atoms with Crippen molar-refractivity contribution in [3.63, 3.8) is 0 Å². The lowest BCUT2D eigenvalue weighted by Crippen LogP contribution is -2.41. The molecule has 1 aliphatic rings.